The number of hydrogen-bond donors (Lipinski definition) is 0. The van der Waals surface area contributed by atoms with E-state index in [2.05, 4.69) is 187 Å². The molecule has 8 aromatic carbocycles. The number of aromatic nitrogens is 5. The molecule has 11 aromatic rings. The summed E-state index contributed by atoms with van der Waals surface area (Å²) < 4.78 is 2.29. The highest BCUT2D eigenvalue weighted by atomic mass is 15.1. The van der Waals surface area contributed by atoms with Gasteiger partial charge in [0.25, 0.3) is 0 Å². The average molecular weight is 756 g/mol. The van der Waals surface area contributed by atoms with Crippen molar-refractivity contribution in [2.75, 3.05) is 0 Å². The molecule has 0 bridgehead atoms. The Kier molecular flexibility index (Phi) is 8.37. The molecule has 3 aromatic heterocycles. The van der Waals surface area contributed by atoms with Crippen molar-refractivity contribution in [1.82, 2.24) is 24.5 Å². The molecule has 59 heavy (non-hydrogen) atoms. The van der Waals surface area contributed by atoms with Crippen LogP contribution in [0.3, 0.4) is 0 Å². The fourth-order valence-electron chi connectivity index (χ4n) is 8.45. The number of imidazole rings is 1. The lowest BCUT2D eigenvalue weighted by Crippen LogP contribution is -1.99. The number of rotatable bonds is 7. The fourth-order valence-corrected chi connectivity index (χ4v) is 8.45. The maximum absolute atomic E-state index is 5.31. The molecule has 0 amide bonds. The summed E-state index contributed by atoms with van der Waals surface area (Å²) in [5.41, 5.74) is 14.6. The molecule has 5 nitrogen and oxygen atoms in total. The van der Waals surface area contributed by atoms with E-state index in [-0.39, 0.29) is 0 Å². The van der Waals surface area contributed by atoms with Crippen LogP contribution in [0.2, 0.25) is 0 Å². The van der Waals surface area contributed by atoms with E-state index < -0.39 is 0 Å². The second kappa shape index (κ2) is 14.3. The number of hydrogen-bond acceptors (Lipinski definition) is 4. The molecular weight excluding hydrogens is 719 g/mol. The predicted molar refractivity (Wildman–Crippen MR) is 244 cm³/mol. The molecule has 0 saturated heterocycles. The summed E-state index contributed by atoms with van der Waals surface area (Å²) >= 11 is 0. The third-order valence-corrected chi connectivity index (χ3v) is 11.4. The number of nitrogens with zero attached hydrogens (tertiary/aromatic N) is 5. The van der Waals surface area contributed by atoms with Crippen molar-refractivity contribution in [2.24, 2.45) is 0 Å². The Labute approximate surface area is 342 Å². The van der Waals surface area contributed by atoms with Crippen molar-refractivity contribution in [3.05, 3.63) is 200 Å². The third-order valence-electron chi connectivity index (χ3n) is 11.4. The zero-order valence-corrected chi connectivity index (χ0v) is 32.4. The molecular formula is C54H37N5. The number of aryl methyl sites for hydroxylation is 1. The van der Waals surface area contributed by atoms with E-state index in [1.54, 1.807) is 0 Å². The lowest BCUT2D eigenvalue weighted by molar-refractivity contribution is 0.908. The van der Waals surface area contributed by atoms with E-state index >= 15 is 0 Å². The molecule has 0 fully saturated rings. The summed E-state index contributed by atoms with van der Waals surface area (Å²) in [6, 6.07) is 68.1. The molecule has 278 valence electrons. The van der Waals surface area contributed by atoms with Gasteiger partial charge in [-0.1, -0.05) is 171 Å². The van der Waals surface area contributed by atoms with Gasteiger partial charge >= 0.3 is 0 Å². The zero-order chi connectivity index (χ0) is 39.3. The average Bonchev–Trinajstić information content (AvgIpc) is 3.71. The van der Waals surface area contributed by atoms with Crippen LogP contribution >= 0.6 is 0 Å². The topological polar surface area (TPSA) is 56.5 Å². The van der Waals surface area contributed by atoms with Crippen LogP contribution in [-0.2, 0) is 6.42 Å². The molecule has 0 N–H and O–H groups in total. The lowest BCUT2D eigenvalue weighted by Gasteiger charge is -2.13. The highest BCUT2D eigenvalue weighted by molar-refractivity contribution is 6.20. The van der Waals surface area contributed by atoms with Crippen LogP contribution in [0.15, 0.2) is 194 Å². The SMILES string of the molecule is CCc1nc2c3c(-c4ccc(-c5ccc(-c6nc(-c7ccc(-c8ccccc8)cc7)c7ccccc7n6)cc5)cc4)nc4ccccc4c3ccc2n1-c1ccccc1. The number of fused-ring (bicyclic) bond motifs is 6. The van der Waals surface area contributed by atoms with E-state index in [1.807, 2.05) is 18.2 Å². The Morgan fingerprint density at radius 3 is 1.53 bits per heavy atom. The van der Waals surface area contributed by atoms with E-state index in [1.165, 1.54) is 11.1 Å². The van der Waals surface area contributed by atoms with E-state index in [0.717, 1.165) is 101 Å². The van der Waals surface area contributed by atoms with Crippen molar-refractivity contribution >= 4 is 43.6 Å². The molecule has 5 heteroatoms. The van der Waals surface area contributed by atoms with Crippen LogP contribution in [0, 0.1) is 0 Å². The molecule has 3 heterocycles. The van der Waals surface area contributed by atoms with Gasteiger partial charge in [0.1, 0.15) is 5.82 Å². The Balaban J connectivity index is 0.958. The third kappa shape index (κ3) is 6.03. The summed E-state index contributed by atoms with van der Waals surface area (Å²) in [5, 5.41) is 4.39. The Morgan fingerprint density at radius 1 is 0.373 bits per heavy atom. The second-order valence-corrected chi connectivity index (χ2v) is 14.9. The summed E-state index contributed by atoms with van der Waals surface area (Å²) in [4.78, 5) is 20.8. The van der Waals surface area contributed by atoms with Crippen molar-refractivity contribution < 1.29 is 0 Å². The first-order chi connectivity index (χ1) is 29.2. The lowest BCUT2D eigenvalue weighted by atomic mass is 9.96. The highest BCUT2D eigenvalue weighted by Gasteiger charge is 2.20. The van der Waals surface area contributed by atoms with Crippen LogP contribution < -0.4 is 0 Å². The Morgan fingerprint density at radius 2 is 0.881 bits per heavy atom. The molecule has 0 atom stereocenters. The molecule has 0 unspecified atom stereocenters. The van der Waals surface area contributed by atoms with E-state index in [0.29, 0.717) is 5.82 Å². The van der Waals surface area contributed by atoms with Gasteiger partial charge in [0.2, 0.25) is 0 Å². The molecule has 0 aliphatic rings. The highest BCUT2D eigenvalue weighted by Crippen LogP contribution is 2.39. The largest absolute Gasteiger partial charge is 0.296 e. The first-order valence-electron chi connectivity index (χ1n) is 20.1. The van der Waals surface area contributed by atoms with Crippen molar-refractivity contribution in [1.29, 1.82) is 0 Å². The predicted octanol–water partition coefficient (Wildman–Crippen LogP) is 13.6. The molecule has 0 radical (unpaired) electrons. The number of para-hydroxylation sites is 3. The van der Waals surface area contributed by atoms with Crippen LogP contribution in [-0.4, -0.2) is 24.5 Å². The molecule has 0 saturated carbocycles. The zero-order valence-electron chi connectivity index (χ0n) is 32.4. The van der Waals surface area contributed by atoms with Gasteiger partial charge in [-0.3, -0.25) is 4.57 Å². The Bertz CT molecular complexity index is 3320. The molecule has 0 aliphatic carbocycles. The maximum Gasteiger partial charge on any atom is 0.160 e. The van der Waals surface area contributed by atoms with Gasteiger partial charge in [0, 0.05) is 45.0 Å². The van der Waals surface area contributed by atoms with Crippen molar-refractivity contribution in [2.45, 2.75) is 13.3 Å². The maximum atomic E-state index is 5.31. The summed E-state index contributed by atoms with van der Waals surface area (Å²) in [5.74, 6) is 1.73. The van der Waals surface area contributed by atoms with Gasteiger partial charge in [-0.05, 0) is 58.0 Å². The minimum Gasteiger partial charge on any atom is -0.296 e. The van der Waals surface area contributed by atoms with Crippen LogP contribution in [0.4, 0.5) is 0 Å². The van der Waals surface area contributed by atoms with Crippen LogP contribution in [0.25, 0.3) is 105 Å². The normalized spacial score (nSPS) is 11.5. The first kappa shape index (κ1) is 34.5. The summed E-state index contributed by atoms with van der Waals surface area (Å²) in [6.45, 7) is 2.17. The number of benzene rings is 8. The Hall–Kier alpha value is -7.76. The van der Waals surface area contributed by atoms with E-state index in [4.69, 9.17) is 19.9 Å². The van der Waals surface area contributed by atoms with Crippen molar-refractivity contribution in [3.63, 3.8) is 0 Å². The monoisotopic (exact) mass is 755 g/mol. The van der Waals surface area contributed by atoms with Gasteiger partial charge in [-0.25, -0.2) is 19.9 Å². The minimum absolute atomic E-state index is 0.703. The quantitative estimate of drug-likeness (QED) is 0.152. The van der Waals surface area contributed by atoms with Gasteiger partial charge in [0.05, 0.1) is 33.5 Å². The number of pyridine rings is 1. The van der Waals surface area contributed by atoms with Gasteiger partial charge in [-0.2, -0.15) is 0 Å². The van der Waals surface area contributed by atoms with Crippen molar-refractivity contribution in [3.8, 4) is 61.8 Å². The smallest absolute Gasteiger partial charge is 0.160 e. The summed E-state index contributed by atoms with van der Waals surface area (Å²) in [6.07, 6.45) is 0.812. The van der Waals surface area contributed by atoms with Gasteiger partial charge < -0.3 is 0 Å². The first-order valence-corrected chi connectivity index (χ1v) is 20.1. The van der Waals surface area contributed by atoms with Gasteiger partial charge in [-0.15, -0.1) is 0 Å². The van der Waals surface area contributed by atoms with E-state index in [9.17, 15) is 0 Å². The molecule has 0 aliphatic heterocycles. The molecule has 11 rings (SSSR count). The van der Waals surface area contributed by atoms with Gasteiger partial charge in [0.15, 0.2) is 5.82 Å². The summed E-state index contributed by atoms with van der Waals surface area (Å²) in [7, 11) is 0. The van der Waals surface area contributed by atoms with Crippen LogP contribution in [0.1, 0.15) is 12.7 Å². The van der Waals surface area contributed by atoms with Crippen LogP contribution in [0.5, 0.6) is 0 Å². The standard InChI is InChI=1S/C54H37N5/c1-2-49-57-53-48(59(49)42-15-7-4-8-16-42)34-33-44-43-17-9-11-19-46(43)55-52(50(44)53)40-29-23-37(24-30-40)38-25-31-41(32-26-38)54-56-47-20-12-10-18-45(47)51(58-54)39-27-21-36(22-28-39)35-13-5-3-6-14-35/h3-34H,2H2,1H3. The fraction of sp³-hybridized carbons (Fsp3) is 0.0370. The molecule has 0 spiro atoms. The minimum atomic E-state index is 0.703. The second-order valence-electron chi connectivity index (χ2n) is 14.9.